The lowest BCUT2D eigenvalue weighted by Gasteiger charge is -2.19. The van der Waals surface area contributed by atoms with E-state index in [0.717, 1.165) is 36.3 Å². The molecule has 0 aromatic carbocycles. The quantitative estimate of drug-likeness (QED) is 0.862. The molecule has 5 heteroatoms. The van der Waals surface area contributed by atoms with Gasteiger partial charge in [-0.2, -0.15) is 5.10 Å². The van der Waals surface area contributed by atoms with Gasteiger partial charge in [-0.15, -0.1) is 0 Å². The van der Waals surface area contributed by atoms with Crippen LogP contribution in [0.15, 0.2) is 29.5 Å². The smallest absolute Gasteiger partial charge is 0.290 e. The molecule has 1 aliphatic carbocycles. The molecule has 1 N–H and O–H groups in total. The van der Waals surface area contributed by atoms with Crippen LogP contribution in [-0.2, 0) is 0 Å². The predicted octanol–water partition coefficient (Wildman–Crippen LogP) is 2.94. The van der Waals surface area contributed by atoms with E-state index in [4.69, 9.17) is 0 Å². The highest BCUT2D eigenvalue weighted by molar-refractivity contribution is 5.96. The zero-order valence-electron chi connectivity index (χ0n) is 12.5. The minimum absolute atomic E-state index is 0.198. The monoisotopic (exact) mass is 284 g/mol. The van der Waals surface area contributed by atoms with E-state index in [-0.39, 0.29) is 5.91 Å². The Bertz CT molecular complexity index is 701. The minimum Gasteiger partial charge on any atom is -0.295 e. The van der Waals surface area contributed by atoms with Crippen LogP contribution in [0.3, 0.4) is 0 Å². The van der Waals surface area contributed by atoms with Gasteiger partial charge in [-0.1, -0.05) is 19.4 Å². The van der Waals surface area contributed by atoms with Crippen LogP contribution in [0.4, 0.5) is 0 Å². The molecular weight excluding hydrogens is 264 g/mol. The number of carbonyl (C=O) groups excluding carboxylic acids is 1. The lowest BCUT2D eigenvalue weighted by Crippen LogP contribution is -2.25. The Morgan fingerprint density at radius 1 is 1.43 bits per heavy atom. The summed E-state index contributed by atoms with van der Waals surface area (Å²) >= 11 is 0. The maximum Gasteiger partial charge on any atom is 0.290 e. The van der Waals surface area contributed by atoms with Gasteiger partial charge < -0.3 is 0 Å². The first-order valence-electron chi connectivity index (χ1n) is 7.47. The van der Waals surface area contributed by atoms with Crippen LogP contribution in [0.2, 0.25) is 0 Å². The Hall–Kier alpha value is -2.17. The zero-order valence-corrected chi connectivity index (χ0v) is 12.5. The van der Waals surface area contributed by atoms with Crippen molar-refractivity contribution in [2.24, 2.45) is 11.0 Å². The van der Waals surface area contributed by atoms with Gasteiger partial charge in [0.25, 0.3) is 5.91 Å². The second-order valence-electron chi connectivity index (χ2n) is 5.67. The number of hydrogen-bond acceptors (Lipinski definition) is 3. The average Bonchev–Trinajstić information content (AvgIpc) is 2.82. The number of rotatable bonds is 2. The molecule has 0 radical (unpaired) electrons. The van der Waals surface area contributed by atoms with E-state index in [0.29, 0.717) is 11.6 Å². The summed E-state index contributed by atoms with van der Waals surface area (Å²) in [4.78, 5) is 16.8. The summed E-state index contributed by atoms with van der Waals surface area (Å²) in [7, 11) is 0. The van der Waals surface area contributed by atoms with E-state index in [1.807, 2.05) is 31.3 Å². The van der Waals surface area contributed by atoms with Crippen molar-refractivity contribution < 1.29 is 4.79 Å². The Morgan fingerprint density at radius 3 is 3.10 bits per heavy atom. The number of nitrogens with one attached hydrogen (secondary N) is 1. The molecule has 0 saturated heterocycles. The second kappa shape index (κ2) is 5.68. The van der Waals surface area contributed by atoms with Crippen molar-refractivity contribution in [3.63, 3.8) is 0 Å². The van der Waals surface area contributed by atoms with Gasteiger partial charge in [-0.05, 0) is 44.2 Å². The number of hydrazone groups is 1. The van der Waals surface area contributed by atoms with Gasteiger partial charge in [0.2, 0.25) is 0 Å². The molecule has 1 saturated carbocycles. The third-order valence-electron chi connectivity index (χ3n) is 4.11. The fourth-order valence-corrected chi connectivity index (χ4v) is 2.90. The zero-order chi connectivity index (χ0) is 14.8. The van der Waals surface area contributed by atoms with Crippen molar-refractivity contribution in [3.8, 4) is 0 Å². The molecule has 0 aliphatic heterocycles. The number of imidazole rings is 1. The van der Waals surface area contributed by atoms with Crippen LogP contribution < -0.4 is 5.43 Å². The summed E-state index contributed by atoms with van der Waals surface area (Å²) in [6, 6.07) is 5.69. The van der Waals surface area contributed by atoms with Crippen LogP contribution in [0.1, 0.15) is 48.8 Å². The number of carbonyl (C=O) groups is 1. The molecule has 5 nitrogen and oxygen atoms in total. The summed E-state index contributed by atoms with van der Waals surface area (Å²) in [6.07, 6.45) is 6.39. The largest absolute Gasteiger partial charge is 0.295 e. The molecule has 1 amide bonds. The summed E-state index contributed by atoms with van der Waals surface area (Å²) in [5, 5.41) is 4.34. The SMILES string of the molecule is Cc1nc2ccccn2c1C(=O)NN=C1CCCC[C@@H]1C. The van der Waals surface area contributed by atoms with Gasteiger partial charge in [-0.3, -0.25) is 9.20 Å². The summed E-state index contributed by atoms with van der Waals surface area (Å²) in [6.45, 7) is 4.02. The van der Waals surface area contributed by atoms with Crippen molar-refractivity contribution in [2.75, 3.05) is 0 Å². The number of hydrogen-bond donors (Lipinski definition) is 1. The average molecular weight is 284 g/mol. The predicted molar refractivity (Wildman–Crippen MR) is 82.5 cm³/mol. The number of aromatic nitrogens is 2. The van der Waals surface area contributed by atoms with Crippen LogP contribution in [0.5, 0.6) is 0 Å². The maximum atomic E-state index is 12.4. The molecule has 1 atom stereocenters. The minimum atomic E-state index is -0.198. The molecule has 0 spiro atoms. The summed E-state index contributed by atoms with van der Waals surface area (Å²) < 4.78 is 1.80. The molecule has 0 unspecified atom stereocenters. The Balaban J connectivity index is 1.84. The van der Waals surface area contributed by atoms with Gasteiger partial charge in [0.05, 0.1) is 5.69 Å². The standard InChI is InChI=1S/C16H20N4O/c1-11-7-3-4-8-13(11)18-19-16(21)15-12(2)17-14-9-5-6-10-20(14)15/h5-6,9-11H,3-4,7-8H2,1-2H3,(H,19,21)/t11-/m0/s1. The van der Waals surface area contributed by atoms with Crippen molar-refractivity contribution in [3.05, 3.63) is 35.8 Å². The molecule has 1 fully saturated rings. The lowest BCUT2D eigenvalue weighted by atomic mass is 9.89. The van der Waals surface area contributed by atoms with Gasteiger partial charge >= 0.3 is 0 Å². The Kier molecular flexibility index (Phi) is 3.73. The summed E-state index contributed by atoms with van der Waals surface area (Å²) in [5.41, 5.74) is 5.85. The van der Waals surface area contributed by atoms with Gasteiger partial charge in [0, 0.05) is 11.9 Å². The highest BCUT2D eigenvalue weighted by atomic mass is 16.2. The first kappa shape index (κ1) is 13.8. The third kappa shape index (κ3) is 2.68. The number of fused-ring (bicyclic) bond motifs is 1. The van der Waals surface area contributed by atoms with Gasteiger partial charge in [0.15, 0.2) is 0 Å². The van der Waals surface area contributed by atoms with Crippen molar-refractivity contribution in [1.29, 1.82) is 0 Å². The van der Waals surface area contributed by atoms with Crippen LogP contribution >= 0.6 is 0 Å². The van der Waals surface area contributed by atoms with E-state index < -0.39 is 0 Å². The van der Waals surface area contributed by atoms with E-state index in [9.17, 15) is 4.79 Å². The third-order valence-corrected chi connectivity index (χ3v) is 4.11. The maximum absolute atomic E-state index is 12.4. The van der Waals surface area contributed by atoms with Gasteiger partial charge in [-0.25, -0.2) is 10.4 Å². The van der Waals surface area contributed by atoms with Crippen LogP contribution in [0.25, 0.3) is 5.65 Å². The van der Waals surface area contributed by atoms with Crippen LogP contribution in [0, 0.1) is 12.8 Å². The Labute approximate surface area is 124 Å². The highest BCUT2D eigenvalue weighted by Crippen LogP contribution is 2.20. The normalized spacial score (nSPS) is 20.9. The molecule has 0 bridgehead atoms. The van der Waals surface area contributed by atoms with Crippen molar-refractivity contribution >= 4 is 17.3 Å². The van der Waals surface area contributed by atoms with Crippen molar-refractivity contribution in [2.45, 2.75) is 39.5 Å². The highest BCUT2D eigenvalue weighted by Gasteiger charge is 2.18. The van der Waals surface area contributed by atoms with Gasteiger partial charge in [0.1, 0.15) is 11.3 Å². The Morgan fingerprint density at radius 2 is 2.29 bits per heavy atom. The molecule has 1 aliphatic rings. The molecule has 110 valence electrons. The molecule has 21 heavy (non-hydrogen) atoms. The van der Waals surface area contributed by atoms with E-state index in [2.05, 4.69) is 22.4 Å². The van der Waals surface area contributed by atoms with Crippen molar-refractivity contribution in [1.82, 2.24) is 14.8 Å². The van der Waals surface area contributed by atoms with Crippen LogP contribution in [-0.4, -0.2) is 21.0 Å². The number of nitrogens with zero attached hydrogens (tertiary/aromatic N) is 3. The molecule has 2 aromatic rings. The number of amides is 1. The topological polar surface area (TPSA) is 58.8 Å². The second-order valence-corrected chi connectivity index (χ2v) is 5.67. The molecule has 2 heterocycles. The lowest BCUT2D eigenvalue weighted by molar-refractivity contribution is 0.0948. The summed E-state index contributed by atoms with van der Waals surface area (Å²) in [5.74, 6) is 0.263. The van der Waals surface area contributed by atoms with E-state index in [1.165, 1.54) is 6.42 Å². The molecule has 3 rings (SSSR count). The first-order valence-corrected chi connectivity index (χ1v) is 7.47. The molecular formula is C16H20N4O. The number of aryl methyl sites for hydroxylation is 1. The van der Waals surface area contributed by atoms with E-state index in [1.54, 1.807) is 4.40 Å². The molecule has 2 aromatic heterocycles. The number of pyridine rings is 1. The fourth-order valence-electron chi connectivity index (χ4n) is 2.90. The fraction of sp³-hybridized carbons (Fsp3) is 0.438. The van der Waals surface area contributed by atoms with E-state index >= 15 is 0 Å². The first-order chi connectivity index (χ1) is 10.2.